The summed E-state index contributed by atoms with van der Waals surface area (Å²) in [6.07, 6.45) is 0. The Balaban J connectivity index is 1.91. The number of nitrogens with one attached hydrogen (secondary N) is 2. The second-order valence-electron chi connectivity index (χ2n) is 7.40. The molecule has 0 radical (unpaired) electrons. The SMILES string of the molecule is COC(=O)c1ccc([C@H]2C(C#N)=C(SCC(=O)Nc3ccc(Cl)cc3Cl)NC(=O)[C@@H]2C(=O)OC)cc1. The summed E-state index contributed by atoms with van der Waals surface area (Å²) >= 11 is 12.9. The molecule has 0 saturated carbocycles. The number of methoxy groups -OCH3 is 2. The zero-order valence-corrected chi connectivity index (χ0v) is 21.3. The molecule has 36 heavy (non-hydrogen) atoms. The van der Waals surface area contributed by atoms with Gasteiger partial charge in [0, 0.05) is 10.9 Å². The fraction of sp³-hybridized carbons (Fsp3) is 0.208. The minimum atomic E-state index is -1.35. The van der Waals surface area contributed by atoms with Crippen LogP contribution >= 0.6 is 35.0 Å². The Morgan fingerprint density at radius 3 is 2.39 bits per heavy atom. The van der Waals surface area contributed by atoms with E-state index in [4.69, 9.17) is 32.7 Å². The van der Waals surface area contributed by atoms with E-state index in [0.717, 1.165) is 18.9 Å². The second-order valence-corrected chi connectivity index (χ2v) is 9.23. The van der Waals surface area contributed by atoms with Gasteiger partial charge < -0.3 is 20.1 Å². The lowest BCUT2D eigenvalue weighted by atomic mass is 9.78. The number of hydrogen-bond acceptors (Lipinski definition) is 8. The molecule has 1 aliphatic rings. The highest BCUT2D eigenvalue weighted by atomic mass is 35.5. The van der Waals surface area contributed by atoms with Crippen molar-refractivity contribution in [3.63, 3.8) is 0 Å². The van der Waals surface area contributed by atoms with Gasteiger partial charge in [-0.2, -0.15) is 5.26 Å². The molecule has 0 fully saturated rings. The van der Waals surface area contributed by atoms with E-state index in [1.54, 1.807) is 12.1 Å². The Labute approximate surface area is 220 Å². The van der Waals surface area contributed by atoms with E-state index in [-0.39, 0.29) is 26.9 Å². The molecule has 0 aliphatic carbocycles. The van der Waals surface area contributed by atoms with Crippen molar-refractivity contribution < 1.29 is 28.7 Å². The molecule has 2 amide bonds. The van der Waals surface area contributed by atoms with Crippen molar-refractivity contribution in [2.24, 2.45) is 5.92 Å². The third-order valence-electron chi connectivity index (χ3n) is 5.23. The smallest absolute Gasteiger partial charge is 0.337 e. The largest absolute Gasteiger partial charge is 0.468 e. The maximum atomic E-state index is 12.9. The van der Waals surface area contributed by atoms with Crippen molar-refractivity contribution in [1.82, 2.24) is 5.32 Å². The van der Waals surface area contributed by atoms with Crippen molar-refractivity contribution in [3.8, 4) is 6.07 Å². The van der Waals surface area contributed by atoms with Crippen LogP contribution in [0.4, 0.5) is 5.69 Å². The molecule has 0 unspecified atom stereocenters. The Morgan fingerprint density at radius 2 is 1.81 bits per heavy atom. The van der Waals surface area contributed by atoms with Crippen molar-refractivity contribution in [2.45, 2.75) is 5.92 Å². The predicted molar refractivity (Wildman–Crippen MR) is 134 cm³/mol. The molecule has 2 aromatic rings. The molecule has 1 heterocycles. The molecule has 0 aromatic heterocycles. The fourth-order valence-electron chi connectivity index (χ4n) is 3.54. The van der Waals surface area contributed by atoms with E-state index in [2.05, 4.69) is 10.6 Å². The highest BCUT2D eigenvalue weighted by Gasteiger charge is 2.44. The lowest BCUT2D eigenvalue weighted by Crippen LogP contribution is -2.44. The van der Waals surface area contributed by atoms with E-state index >= 15 is 0 Å². The molecule has 0 bridgehead atoms. The number of halogens is 2. The molecule has 9 nitrogen and oxygen atoms in total. The normalized spacial score (nSPS) is 17.0. The standard InChI is InChI=1S/C24H19Cl2N3O6S/c1-34-23(32)13-5-3-12(4-6-13)19-15(10-27)22(29-21(31)20(19)24(33)35-2)36-11-18(30)28-17-8-7-14(25)9-16(17)26/h3-9,19-20H,11H2,1-2H3,(H,28,30)(H,29,31)/t19-,20+/m0/s1. The van der Waals surface area contributed by atoms with Crippen LogP contribution < -0.4 is 10.6 Å². The van der Waals surface area contributed by atoms with Crippen LogP contribution in [0.1, 0.15) is 21.8 Å². The zero-order chi connectivity index (χ0) is 26.4. The number of benzene rings is 2. The summed E-state index contributed by atoms with van der Waals surface area (Å²) in [6, 6.07) is 12.6. The highest BCUT2D eigenvalue weighted by Crippen LogP contribution is 2.40. The van der Waals surface area contributed by atoms with E-state index in [1.807, 2.05) is 6.07 Å². The minimum absolute atomic E-state index is 0.0677. The van der Waals surface area contributed by atoms with Crippen LogP contribution in [0.5, 0.6) is 0 Å². The first kappa shape index (κ1) is 27.1. The molecule has 186 valence electrons. The average Bonchev–Trinajstić information content (AvgIpc) is 2.87. The van der Waals surface area contributed by atoms with E-state index in [9.17, 15) is 24.4 Å². The number of allylic oxidation sites excluding steroid dienone is 1. The summed E-state index contributed by atoms with van der Waals surface area (Å²) < 4.78 is 9.49. The molecule has 12 heteroatoms. The number of rotatable bonds is 7. The number of nitrogens with zero attached hydrogens (tertiary/aromatic N) is 1. The van der Waals surface area contributed by atoms with Crippen LogP contribution in [0.15, 0.2) is 53.1 Å². The maximum absolute atomic E-state index is 12.9. The monoisotopic (exact) mass is 547 g/mol. The third kappa shape index (κ3) is 5.99. The molecule has 2 aromatic carbocycles. The summed E-state index contributed by atoms with van der Waals surface area (Å²) in [7, 11) is 2.38. The average molecular weight is 548 g/mol. The van der Waals surface area contributed by atoms with Gasteiger partial charge >= 0.3 is 11.9 Å². The number of hydrogen-bond donors (Lipinski definition) is 2. The van der Waals surface area contributed by atoms with Crippen LogP contribution in [0.25, 0.3) is 0 Å². The molecule has 0 spiro atoms. The molecular formula is C24H19Cl2N3O6S. The number of amides is 2. The Bertz CT molecular complexity index is 1290. The van der Waals surface area contributed by atoms with Gasteiger partial charge in [-0.05, 0) is 35.9 Å². The topological polar surface area (TPSA) is 135 Å². The first-order valence-corrected chi connectivity index (χ1v) is 12.0. The Morgan fingerprint density at radius 1 is 1.11 bits per heavy atom. The second kappa shape index (κ2) is 11.9. The molecular weight excluding hydrogens is 529 g/mol. The van der Waals surface area contributed by atoms with Crippen molar-refractivity contribution >= 4 is 64.4 Å². The minimum Gasteiger partial charge on any atom is -0.468 e. The summed E-state index contributed by atoms with van der Waals surface area (Å²) in [4.78, 5) is 49.7. The number of anilines is 1. The molecule has 0 saturated heterocycles. The van der Waals surface area contributed by atoms with Crippen LogP contribution in [-0.4, -0.2) is 43.7 Å². The van der Waals surface area contributed by atoms with Gasteiger partial charge in [0.15, 0.2) is 0 Å². The van der Waals surface area contributed by atoms with Crippen LogP contribution in [0.2, 0.25) is 10.0 Å². The summed E-state index contributed by atoms with van der Waals surface area (Å²) in [6.45, 7) is 0. The number of carbonyl (C=O) groups excluding carboxylic acids is 4. The number of ether oxygens (including phenoxy) is 2. The summed E-state index contributed by atoms with van der Waals surface area (Å²) in [5, 5.41) is 15.9. The van der Waals surface area contributed by atoms with Crippen molar-refractivity contribution in [3.05, 3.63) is 74.2 Å². The van der Waals surface area contributed by atoms with E-state index in [0.29, 0.717) is 16.3 Å². The van der Waals surface area contributed by atoms with Crippen LogP contribution in [-0.2, 0) is 23.9 Å². The van der Waals surface area contributed by atoms with Gasteiger partial charge in [0.1, 0.15) is 5.92 Å². The fourth-order valence-corrected chi connectivity index (χ4v) is 4.84. The highest BCUT2D eigenvalue weighted by molar-refractivity contribution is 8.03. The third-order valence-corrected chi connectivity index (χ3v) is 6.79. The first-order chi connectivity index (χ1) is 17.2. The molecule has 3 rings (SSSR count). The number of nitriles is 1. The number of thioether (sulfide) groups is 1. The zero-order valence-electron chi connectivity index (χ0n) is 19.0. The van der Waals surface area contributed by atoms with Crippen molar-refractivity contribution in [1.29, 1.82) is 5.26 Å². The van der Waals surface area contributed by atoms with Crippen molar-refractivity contribution in [2.75, 3.05) is 25.3 Å². The van der Waals surface area contributed by atoms with Gasteiger partial charge in [-0.3, -0.25) is 14.4 Å². The summed E-state index contributed by atoms with van der Waals surface area (Å²) in [5.41, 5.74) is 1.10. The maximum Gasteiger partial charge on any atom is 0.337 e. The Hall–Kier alpha value is -3.52. The van der Waals surface area contributed by atoms with E-state index < -0.39 is 35.6 Å². The van der Waals surface area contributed by atoms with Crippen LogP contribution in [0.3, 0.4) is 0 Å². The lowest BCUT2D eigenvalue weighted by molar-refractivity contribution is -0.150. The summed E-state index contributed by atoms with van der Waals surface area (Å²) in [5.74, 6) is -5.05. The van der Waals surface area contributed by atoms with Gasteiger partial charge in [-0.1, -0.05) is 47.1 Å². The van der Waals surface area contributed by atoms with Crippen LogP contribution in [0, 0.1) is 17.2 Å². The van der Waals surface area contributed by atoms with Gasteiger partial charge in [-0.25, -0.2) is 4.79 Å². The molecule has 1 aliphatic heterocycles. The lowest BCUT2D eigenvalue weighted by Gasteiger charge is -2.31. The van der Waals surface area contributed by atoms with Gasteiger partial charge in [0.25, 0.3) is 0 Å². The molecule has 2 atom stereocenters. The quantitative estimate of drug-likeness (QED) is 0.393. The number of esters is 2. The predicted octanol–water partition coefficient (Wildman–Crippen LogP) is 3.89. The van der Waals surface area contributed by atoms with Gasteiger partial charge in [-0.15, -0.1) is 0 Å². The number of carbonyl (C=O) groups is 4. The first-order valence-electron chi connectivity index (χ1n) is 10.3. The van der Waals surface area contributed by atoms with Gasteiger partial charge in [0.2, 0.25) is 11.8 Å². The molecule has 2 N–H and O–H groups in total. The Kier molecular flexibility index (Phi) is 8.98. The van der Waals surface area contributed by atoms with Gasteiger partial charge in [0.05, 0.1) is 52.9 Å². The van der Waals surface area contributed by atoms with E-state index in [1.165, 1.54) is 37.4 Å².